The molecular weight excluding hydrogens is 224 g/mol. The second-order valence-electron chi connectivity index (χ2n) is 3.65. The van der Waals surface area contributed by atoms with Crippen molar-refractivity contribution in [2.45, 2.75) is 6.92 Å². The van der Waals surface area contributed by atoms with E-state index in [1.807, 2.05) is 0 Å². The van der Waals surface area contributed by atoms with Crippen molar-refractivity contribution in [1.82, 2.24) is 4.98 Å². The van der Waals surface area contributed by atoms with Gasteiger partial charge in [0.05, 0.1) is 5.56 Å². The van der Waals surface area contributed by atoms with E-state index in [0.29, 0.717) is 0 Å². The first-order chi connectivity index (χ1) is 8.09. The zero-order valence-electron chi connectivity index (χ0n) is 9.08. The standard InChI is InChI=1S/C13H9F2NO/c1-8-5-10(12(15)6-11(8)14)13(17)9-3-2-4-16-7-9/h2-7H,1H3. The first-order valence-electron chi connectivity index (χ1n) is 5.00. The van der Waals surface area contributed by atoms with Crippen LogP contribution < -0.4 is 0 Å². The second-order valence-corrected chi connectivity index (χ2v) is 3.65. The summed E-state index contributed by atoms with van der Waals surface area (Å²) in [4.78, 5) is 15.7. The number of carbonyl (C=O) groups is 1. The predicted octanol–water partition coefficient (Wildman–Crippen LogP) is 2.90. The van der Waals surface area contributed by atoms with Crippen LogP contribution in [0.15, 0.2) is 36.7 Å². The smallest absolute Gasteiger partial charge is 0.197 e. The summed E-state index contributed by atoms with van der Waals surface area (Å²) >= 11 is 0. The number of carbonyl (C=O) groups excluding carboxylic acids is 1. The van der Waals surface area contributed by atoms with Gasteiger partial charge in [-0.1, -0.05) is 0 Å². The lowest BCUT2D eigenvalue weighted by atomic mass is 10.0. The van der Waals surface area contributed by atoms with Crippen LogP contribution in [0.4, 0.5) is 8.78 Å². The van der Waals surface area contributed by atoms with Crippen LogP contribution >= 0.6 is 0 Å². The lowest BCUT2D eigenvalue weighted by Gasteiger charge is -2.04. The molecule has 0 saturated heterocycles. The van der Waals surface area contributed by atoms with E-state index in [-0.39, 0.29) is 16.7 Å². The monoisotopic (exact) mass is 233 g/mol. The van der Waals surface area contributed by atoms with Gasteiger partial charge in [-0.25, -0.2) is 8.78 Å². The molecular formula is C13H9F2NO. The van der Waals surface area contributed by atoms with Crippen molar-refractivity contribution in [3.05, 3.63) is 65.0 Å². The molecule has 4 heteroatoms. The highest BCUT2D eigenvalue weighted by Gasteiger charge is 2.16. The number of aromatic nitrogens is 1. The fourth-order valence-corrected chi connectivity index (χ4v) is 1.48. The zero-order chi connectivity index (χ0) is 12.4. The molecule has 1 heterocycles. The van der Waals surface area contributed by atoms with Crippen LogP contribution in [0, 0.1) is 18.6 Å². The van der Waals surface area contributed by atoms with E-state index in [1.165, 1.54) is 31.5 Å². The number of halogens is 2. The van der Waals surface area contributed by atoms with Crippen LogP contribution in [0.25, 0.3) is 0 Å². The molecule has 1 aromatic carbocycles. The summed E-state index contributed by atoms with van der Waals surface area (Å²) < 4.78 is 26.5. The molecule has 0 fully saturated rings. The molecule has 0 radical (unpaired) electrons. The number of hydrogen-bond donors (Lipinski definition) is 0. The minimum Gasteiger partial charge on any atom is -0.288 e. The molecule has 0 atom stereocenters. The Hall–Kier alpha value is -2.10. The Labute approximate surface area is 96.9 Å². The van der Waals surface area contributed by atoms with Gasteiger partial charge < -0.3 is 0 Å². The maximum atomic E-state index is 13.5. The van der Waals surface area contributed by atoms with Crippen LogP contribution in [-0.2, 0) is 0 Å². The highest BCUT2D eigenvalue weighted by atomic mass is 19.1. The van der Waals surface area contributed by atoms with Gasteiger partial charge in [-0.15, -0.1) is 0 Å². The topological polar surface area (TPSA) is 30.0 Å². The number of rotatable bonds is 2. The molecule has 0 saturated carbocycles. The van der Waals surface area contributed by atoms with E-state index >= 15 is 0 Å². The van der Waals surface area contributed by atoms with Crippen molar-refractivity contribution in [2.24, 2.45) is 0 Å². The summed E-state index contributed by atoms with van der Waals surface area (Å²) in [7, 11) is 0. The molecule has 2 rings (SSSR count). The molecule has 0 spiro atoms. The van der Waals surface area contributed by atoms with E-state index in [4.69, 9.17) is 0 Å². The Morgan fingerprint density at radius 2 is 2.00 bits per heavy atom. The largest absolute Gasteiger partial charge is 0.288 e. The molecule has 0 aliphatic rings. The number of aryl methyl sites for hydroxylation is 1. The predicted molar refractivity (Wildman–Crippen MR) is 58.8 cm³/mol. The van der Waals surface area contributed by atoms with Crippen molar-refractivity contribution in [1.29, 1.82) is 0 Å². The van der Waals surface area contributed by atoms with Gasteiger partial charge in [-0.05, 0) is 30.7 Å². The lowest BCUT2D eigenvalue weighted by Crippen LogP contribution is -2.06. The lowest BCUT2D eigenvalue weighted by molar-refractivity contribution is 0.103. The van der Waals surface area contributed by atoms with Crippen molar-refractivity contribution in [3.63, 3.8) is 0 Å². The van der Waals surface area contributed by atoms with E-state index < -0.39 is 17.4 Å². The number of hydrogen-bond acceptors (Lipinski definition) is 2. The van der Waals surface area contributed by atoms with E-state index in [1.54, 1.807) is 6.07 Å². The molecule has 0 N–H and O–H groups in total. The van der Waals surface area contributed by atoms with Gasteiger partial charge in [0.15, 0.2) is 5.78 Å². The Kier molecular flexibility index (Phi) is 2.95. The first kappa shape index (κ1) is 11.4. The zero-order valence-corrected chi connectivity index (χ0v) is 9.08. The Morgan fingerprint density at radius 1 is 1.24 bits per heavy atom. The molecule has 0 bridgehead atoms. The molecule has 1 aromatic heterocycles. The van der Waals surface area contributed by atoms with E-state index in [2.05, 4.69) is 4.98 Å². The quantitative estimate of drug-likeness (QED) is 0.746. The summed E-state index contributed by atoms with van der Waals surface area (Å²) in [5.74, 6) is -2.02. The van der Waals surface area contributed by atoms with Crippen molar-refractivity contribution >= 4 is 5.78 Å². The summed E-state index contributed by atoms with van der Waals surface area (Å²) in [5, 5.41) is 0. The van der Waals surface area contributed by atoms with Gasteiger partial charge in [0.1, 0.15) is 11.6 Å². The van der Waals surface area contributed by atoms with Crippen LogP contribution in [-0.4, -0.2) is 10.8 Å². The average Bonchev–Trinajstić information content (AvgIpc) is 2.34. The molecule has 0 unspecified atom stereocenters. The molecule has 2 nitrogen and oxygen atoms in total. The highest BCUT2D eigenvalue weighted by Crippen LogP contribution is 2.17. The Morgan fingerprint density at radius 3 is 2.65 bits per heavy atom. The summed E-state index contributed by atoms with van der Waals surface area (Å²) in [6.07, 6.45) is 2.86. The Bertz CT molecular complexity index is 567. The molecule has 86 valence electrons. The fraction of sp³-hybridized carbons (Fsp3) is 0.0769. The van der Waals surface area contributed by atoms with Gasteiger partial charge >= 0.3 is 0 Å². The second kappa shape index (κ2) is 4.41. The molecule has 0 aliphatic carbocycles. The number of pyridine rings is 1. The van der Waals surface area contributed by atoms with Crippen LogP contribution in [0.5, 0.6) is 0 Å². The van der Waals surface area contributed by atoms with Gasteiger partial charge in [0.25, 0.3) is 0 Å². The van der Waals surface area contributed by atoms with E-state index in [0.717, 1.165) is 6.07 Å². The van der Waals surface area contributed by atoms with Crippen LogP contribution in [0.2, 0.25) is 0 Å². The van der Waals surface area contributed by atoms with Crippen LogP contribution in [0.3, 0.4) is 0 Å². The minimum atomic E-state index is -0.859. The normalized spacial score (nSPS) is 10.3. The fourth-order valence-electron chi connectivity index (χ4n) is 1.48. The summed E-state index contributed by atoms with van der Waals surface area (Å²) in [6.45, 7) is 1.48. The van der Waals surface area contributed by atoms with Crippen molar-refractivity contribution in [3.8, 4) is 0 Å². The van der Waals surface area contributed by atoms with Crippen molar-refractivity contribution in [2.75, 3.05) is 0 Å². The first-order valence-corrected chi connectivity index (χ1v) is 5.00. The molecule has 2 aromatic rings. The number of nitrogens with zero attached hydrogens (tertiary/aromatic N) is 1. The molecule has 0 aliphatic heterocycles. The number of benzene rings is 1. The summed E-state index contributed by atoms with van der Waals surface area (Å²) in [5.41, 5.74) is 0.368. The van der Waals surface area contributed by atoms with Gasteiger partial charge in [0, 0.05) is 24.0 Å². The highest BCUT2D eigenvalue weighted by molar-refractivity contribution is 6.09. The molecule has 17 heavy (non-hydrogen) atoms. The number of ketones is 1. The minimum absolute atomic E-state index is 0.142. The third-order valence-electron chi connectivity index (χ3n) is 2.42. The van der Waals surface area contributed by atoms with Crippen molar-refractivity contribution < 1.29 is 13.6 Å². The van der Waals surface area contributed by atoms with Crippen LogP contribution in [0.1, 0.15) is 21.5 Å². The average molecular weight is 233 g/mol. The summed E-state index contributed by atoms with van der Waals surface area (Å²) in [6, 6.07) is 5.05. The van der Waals surface area contributed by atoms with Gasteiger partial charge in [-0.2, -0.15) is 0 Å². The third kappa shape index (κ3) is 2.20. The van der Waals surface area contributed by atoms with Gasteiger partial charge in [-0.3, -0.25) is 9.78 Å². The van der Waals surface area contributed by atoms with E-state index in [9.17, 15) is 13.6 Å². The maximum absolute atomic E-state index is 13.5. The van der Waals surface area contributed by atoms with Gasteiger partial charge in [0.2, 0.25) is 0 Å². The Balaban J connectivity index is 2.48. The SMILES string of the molecule is Cc1cc(C(=O)c2cccnc2)c(F)cc1F. The maximum Gasteiger partial charge on any atom is 0.197 e. The third-order valence-corrected chi connectivity index (χ3v) is 2.42. The molecule has 0 amide bonds.